The van der Waals surface area contributed by atoms with Crippen LogP contribution in [-0.2, 0) is 19.6 Å². The molecule has 12 nitrogen and oxygen atoms in total. The Kier molecular flexibility index (Phi) is 6.69. The highest BCUT2D eigenvalue weighted by molar-refractivity contribution is 7.93. The van der Waals surface area contributed by atoms with Crippen molar-refractivity contribution in [2.75, 3.05) is 41.7 Å². The number of carboxylic acid groups (broad SMARTS) is 1. The third-order valence-electron chi connectivity index (χ3n) is 5.44. The Morgan fingerprint density at radius 1 is 1.14 bits per heavy atom. The van der Waals surface area contributed by atoms with Gasteiger partial charge in [0.25, 0.3) is 10.0 Å². The van der Waals surface area contributed by atoms with Crippen LogP contribution >= 0.6 is 11.3 Å². The van der Waals surface area contributed by atoms with Crippen LogP contribution in [0.3, 0.4) is 0 Å². The van der Waals surface area contributed by atoms with Gasteiger partial charge in [-0.2, -0.15) is 0 Å². The van der Waals surface area contributed by atoms with Crippen LogP contribution in [0.5, 0.6) is 0 Å². The largest absolute Gasteiger partial charge is 0.478 e. The van der Waals surface area contributed by atoms with E-state index < -0.39 is 16.0 Å². The lowest BCUT2D eigenvalue weighted by molar-refractivity contribution is -0.131. The summed E-state index contributed by atoms with van der Waals surface area (Å²) in [4.78, 5) is 30.2. The fourth-order valence-electron chi connectivity index (χ4n) is 3.65. The Labute approximate surface area is 215 Å². The molecular weight excluding hydrogens is 518 g/mol. The van der Waals surface area contributed by atoms with Crippen molar-refractivity contribution in [2.24, 2.45) is 0 Å². The number of hydrogen-bond acceptors (Lipinski definition) is 11. The van der Waals surface area contributed by atoms with Crippen molar-refractivity contribution in [1.29, 1.82) is 0 Å². The van der Waals surface area contributed by atoms with Gasteiger partial charge in [0.1, 0.15) is 5.00 Å². The molecule has 5 rings (SSSR count). The topological polar surface area (TPSA) is 174 Å². The van der Waals surface area contributed by atoms with Gasteiger partial charge in [-0.3, -0.25) is 4.72 Å². The molecule has 0 unspecified atom stereocenters. The van der Waals surface area contributed by atoms with E-state index in [0.717, 1.165) is 10.8 Å². The maximum atomic E-state index is 13.1. The number of rotatable bonds is 7. The Balaban J connectivity index is 1.49. The molecule has 0 aliphatic carbocycles. The van der Waals surface area contributed by atoms with Gasteiger partial charge in [0.15, 0.2) is 11.6 Å². The number of aromatic nitrogens is 4. The Morgan fingerprint density at radius 2 is 1.84 bits per heavy atom. The van der Waals surface area contributed by atoms with E-state index in [1.807, 2.05) is 0 Å². The van der Waals surface area contributed by atoms with Gasteiger partial charge in [-0.05, 0) is 29.8 Å². The number of carboxylic acids is 1. The molecule has 0 atom stereocenters. The third-order valence-corrected chi connectivity index (χ3v) is 7.98. The van der Waals surface area contributed by atoms with Crippen LogP contribution in [0, 0.1) is 0 Å². The minimum Gasteiger partial charge on any atom is -0.478 e. The number of sulfonamides is 1. The monoisotopic (exact) mass is 539 g/mol. The number of nitrogens with one attached hydrogen (secondary N) is 1. The number of morpholine rings is 1. The first kappa shape index (κ1) is 24.5. The molecule has 0 saturated carbocycles. The summed E-state index contributed by atoms with van der Waals surface area (Å²) in [7, 11) is -3.91. The average molecular weight is 540 g/mol. The molecule has 0 amide bonds. The highest BCUT2D eigenvalue weighted by atomic mass is 32.2. The number of carbonyl (C=O) groups is 1. The van der Waals surface area contributed by atoms with Crippen molar-refractivity contribution < 1.29 is 23.1 Å². The lowest BCUT2D eigenvalue weighted by atomic mass is 10.2. The molecule has 0 radical (unpaired) electrons. The molecule has 4 heterocycles. The smallest absolute Gasteiger partial charge is 0.328 e. The summed E-state index contributed by atoms with van der Waals surface area (Å²) < 4.78 is 34.9. The SMILES string of the molecule is Nc1ncc(-c2nc(N3CCOCC3)c3sc(NS(=O)(=O)c4ccc(C=CC(=O)O)cc4)cc3n2)cn1. The van der Waals surface area contributed by atoms with Gasteiger partial charge in [-0.15, -0.1) is 11.3 Å². The maximum Gasteiger partial charge on any atom is 0.328 e. The average Bonchev–Trinajstić information content (AvgIpc) is 3.29. The number of ether oxygens (including phenoxy) is 1. The molecular formula is C23H21N7O5S2. The third kappa shape index (κ3) is 5.50. The van der Waals surface area contributed by atoms with Gasteiger partial charge < -0.3 is 20.5 Å². The zero-order valence-corrected chi connectivity index (χ0v) is 20.9. The summed E-state index contributed by atoms with van der Waals surface area (Å²) in [6.45, 7) is 2.36. The number of nitrogens with two attached hydrogens (primary N) is 1. The predicted molar refractivity (Wildman–Crippen MR) is 140 cm³/mol. The van der Waals surface area contributed by atoms with E-state index in [-0.39, 0.29) is 10.8 Å². The minimum absolute atomic E-state index is 0.0385. The van der Waals surface area contributed by atoms with E-state index in [1.54, 1.807) is 6.07 Å². The van der Waals surface area contributed by atoms with Crippen LogP contribution in [0.4, 0.5) is 16.8 Å². The van der Waals surface area contributed by atoms with Crippen LogP contribution in [0.2, 0.25) is 0 Å². The van der Waals surface area contributed by atoms with E-state index in [9.17, 15) is 13.2 Å². The summed E-state index contributed by atoms with van der Waals surface area (Å²) in [5, 5.41) is 9.13. The second-order valence-electron chi connectivity index (χ2n) is 7.97. The van der Waals surface area contributed by atoms with Crippen molar-refractivity contribution in [2.45, 2.75) is 4.90 Å². The standard InChI is InChI=1S/C23H21N7O5S2/c24-23-25-12-15(13-26-23)21-27-17-11-18(36-20(17)22(28-21)30-7-9-35-10-8-30)29-37(33,34)16-4-1-14(2-5-16)3-6-19(31)32/h1-6,11-13,29H,7-10H2,(H,31,32)(H2,24,25,26). The van der Waals surface area contributed by atoms with Crippen LogP contribution in [-0.4, -0.2) is 65.7 Å². The summed E-state index contributed by atoms with van der Waals surface area (Å²) in [5.74, 6) is 0.113. The fourth-order valence-corrected chi connectivity index (χ4v) is 5.95. The molecule has 0 spiro atoms. The van der Waals surface area contributed by atoms with E-state index in [4.69, 9.17) is 20.6 Å². The Bertz CT molecular complexity index is 1580. The number of thiophene rings is 1. The van der Waals surface area contributed by atoms with Crippen molar-refractivity contribution in [3.05, 3.63) is 54.4 Å². The van der Waals surface area contributed by atoms with Gasteiger partial charge in [-0.1, -0.05) is 12.1 Å². The second kappa shape index (κ2) is 10.1. The van der Waals surface area contributed by atoms with Crippen molar-refractivity contribution in [3.8, 4) is 11.4 Å². The zero-order valence-electron chi connectivity index (χ0n) is 19.2. The summed E-state index contributed by atoms with van der Waals surface area (Å²) in [6, 6.07) is 7.54. The summed E-state index contributed by atoms with van der Waals surface area (Å²) >= 11 is 1.23. The number of hydrogen-bond donors (Lipinski definition) is 3. The van der Waals surface area contributed by atoms with E-state index in [2.05, 4.69) is 24.6 Å². The highest BCUT2D eigenvalue weighted by Crippen LogP contribution is 2.37. The second-order valence-corrected chi connectivity index (χ2v) is 10.7. The molecule has 3 aromatic heterocycles. The summed E-state index contributed by atoms with van der Waals surface area (Å²) in [6.07, 6.45) is 5.44. The normalized spacial score (nSPS) is 14.3. The number of anilines is 3. The van der Waals surface area contributed by atoms with Gasteiger partial charge >= 0.3 is 5.97 Å². The fraction of sp³-hybridized carbons (Fsp3) is 0.174. The van der Waals surface area contributed by atoms with Gasteiger partial charge in [0, 0.05) is 31.6 Å². The Morgan fingerprint density at radius 3 is 2.51 bits per heavy atom. The van der Waals surface area contributed by atoms with E-state index in [1.165, 1.54) is 54.1 Å². The molecule has 1 aromatic carbocycles. The number of nitrogen functional groups attached to an aromatic ring is 1. The molecule has 14 heteroatoms. The van der Waals surface area contributed by atoms with Crippen LogP contribution < -0.4 is 15.4 Å². The van der Waals surface area contributed by atoms with Gasteiger partial charge in [-0.25, -0.2) is 33.1 Å². The predicted octanol–water partition coefficient (Wildman–Crippen LogP) is 2.47. The van der Waals surface area contributed by atoms with Crippen LogP contribution in [0.1, 0.15) is 5.56 Å². The molecule has 4 N–H and O–H groups in total. The molecule has 190 valence electrons. The van der Waals surface area contributed by atoms with Crippen molar-refractivity contribution in [3.63, 3.8) is 0 Å². The molecule has 1 fully saturated rings. The van der Waals surface area contributed by atoms with Crippen molar-refractivity contribution >= 4 is 60.4 Å². The minimum atomic E-state index is -3.91. The van der Waals surface area contributed by atoms with Crippen LogP contribution in [0.25, 0.3) is 27.7 Å². The molecule has 1 aliphatic rings. The molecule has 4 aromatic rings. The maximum absolute atomic E-state index is 13.1. The molecule has 37 heavy (non-hydrogen) atoms. The zero-order chi connectivity index (χ0) is 26.0. The van der Waals surface area contributed by atoms with E-state index in [0.29, 0.717) is 59.6 Å². The van der Waals surface area contributed by atoms with Crippen molar-refractivity contribution in [1.82, 2.24) is 19.9 Å². The highest BCUT2D eigenvalue weighted by Gasteiger charge is 2.22. The first-order valence-corrected chi connectivity index (χ1v) is 13.3. The van der Waals surface area contributed by atoms with Gasteiger partial charge in [0.2, 0.25) is 5.95 Å². The lowest BCUT2D eigenvalue weighted by Crippen LogP contribution is -2.36. The lowest BCUT2D eigenvalue weighted by Gasteiger charge is -2.28. The number of benzene rings is 1. The first-order valence-electron chi connectivity index (χ1n) is 11.0. The number of nitrogens with zero attached hydrogens (tertiary/aromatic N) is 5. The molecule has 1 aliphatic heterocycles. The molecule has 0 bridgehead atoms. The number of fused-ring (bicyclic) bond motifs is 1. The number of aliphatic carboxylic acids is 1. The quantitative estimate of drug-likeness (QED) is 0.294. The Hall–Kier alpha value is -4.14. The van der Waals surface area contributed by atoms with E-state index >= 15 is 0 Å². The van der Waals surface area contributed by atoms with Gasteiger partial charge in [0.05, 0.1) is 33.9 Å². The summed E-state index contributed by atoms with van der Waals surface area (Å²) in [5.41, 5.74) is 7.32. The molecule has 1 saturated heterocycles. The first-order chi connectivity index (χ1) is 17.8. The van der Waals surface area contributed by atoms with Crippen LogP contribution in [0.15, 0.2) is 53.7 Å².